The van der Waals surface area contributed by atoms with E-state index in [4.69, 9.17) is 9.15 Å². The topological polar surface area (TPSA) is 89.5 Å². The van der Waals surface area contributed by atoms with E-state index in [2.05, 4.69) is 21.9 Å². The Morgan fingerprint density at radius 1 is 1.20 bits per heavy atom. The molecule has 0 bridgehead atoms. The molecule has 0 saturated carbocycles. The highest BCUT2D eigenvalue weighted by Crippen LogP contribution is 2.29. The van der Waals surface area contributed by atoms with E-state index in [1.165, 1.54) is 0 Å². The van der Waals surface area contributed by atoms with Gasteiger partial charge in [-0.15, -0.1) is 5.10 Å². The average Bonchev–Trinajstić information content (AvgIpc) is 3.39. The van der Waals surface area contributed by atoms with E-state index in [1.807, 2.05) is 45.8 Å². The third kappa shape index (κ3) is 3.24. The van der Waals surface area contributed by atoms with Gasteiger partial charge in [-0.2, -0.15) is 5.10 Å². The second-order valence-corrected chi connectivity index (χ2v) is 7.68. The Kier molecular flexibility index (Phi) is 4.74. The van der Waals surface area contributed by atoms with Gasteiger partial charge >= 0.3 is 6.01 Å². The van der Waals surface area contributed by atoms with E-state index in [0.29, 0.717) is 63.3 Å². The molecule has 156 valence electrons. The summed E-state index contributed by atoms with van der Waals surface area (Å²) in [4.78, 5) is 16.1. The molecule has 2 fully saturated rings. The fourth-order valence-corrected chi connectivity index (χ4v) is 3.76. The minimum atomic E-state index is 0.0325. The second-order valence-electron chi connectivity index (χ2n) is 7.68. The third-order valence-corrected chi connectivity index (χ3v) is 5.79. The summed E-state index contributed by atoms with van der Waals surface area (Å²) >= 11 is 0. The summed E-state index contributed by atoms with van der Waals surface area (Å²) in [5.74, 6) is 0.507. The maximum atomic E-state index is 12.3. The van der Waals surface area contributed by atoms with Gasteiger partial charge in [-0.05, 0) is 18.6 Å². The van der Waals surface area contributed by atoms with Gasteiger partial charge in [-0.1, -0.05) is 24.7 Å². The van der Waals surface area contributed by atoms with Gasteiger partial charge in [0.25, 0.3) is 0 Å². The van der Waals surface area contributed by atoms with E-state index in [1.54, 1.807) is 0 Å². The van der Waals surface area contributed by atoms with Crippen molar-refractivity contribution in [3.05, 3.63) is 36.5 Å². The lowest BCUT2D eigenvalue weighted by Gasteiger charge is -2.33. The van der Waals surface area contributed by atoms with E-state index >= 15 is 0 Å². The van der Waals surface area contributed by atoms with Crippen LogP contribution in [0.3, 0.4) is 0 Å². The van der Waals surface area contributed by atoms with Crippen LogP contribution in [0.5, 0.6) is 0 Å². The number of ether oxygens (including phenoxy) is 1. The maximum Gasteiger partial charge on any atom is 0.318 e. The van der Waals surface area contributed by atoms with Crippen molar-refractivity contribution in [3.8, 4) is 11.5 Å². The number of anilines is 1. The van der Waals surface area contributed by atoms with Gasteiger partial charge in [-0.3, -0.25) is 9.48 Å². The molecule has 2 aliphatic rings. The predicted molar refractivity (Wildman–Crippen MR) is 111 cm³/mol. The number of amides is 1. The highest BCUT2D eigenvalue weighted by atomic mass is 16.5. The summed E-state index contributed by atoms with van der Waals surface area (Å²) in [5.41, 5.74) is 2.53. The standard InChI is InChI=1S/C21H24N6O3/c1-3-14(2)20(28)25-6-8-26(9-7-25)21-24-23-19(30-21)15-4-5-16-11-22-27(18(16)10-15)17-12-29-13-17/h4-5,10-11,17H,2-3,6-9,12-13H2,1H3. The van der Waals surface area contributed by atoms with Gasteiger partial charge in [-0.25, -0.2) is 0 Å². The van der Waals surface area contributed by atoms with Crippen molar-refractivity contribution >= 4 is 22.8 Å². The molecule has 0 atom stereocenters. The summed E-state index contributed by atoms with van der Waals surface area (Å²) in [6.45, 7) is 9.70. The second kappa shape index (κ2) is 7.56. The normalized spacial score (nSPS) is 17.4. The minimum absolute atomic E-state index is 0.0325. The third-order valence-electron chi connectivity index (χ3n) is 5.79. The van der Waals surface area contributed by atoms with Crippen molar-refractivity contribution in [3.63, 3.8) is 0 Å². The first kappa shape index (κ1) is 18.8. The molecule has 4 heterocycles. The number of piperazine rings is 1. The zero-order valence-electron chi connectivity index (χ0n) is 17.0. The summed E-state index contributed by atoms with van der Waals surface area (Å²) < 4.78 is 13.3. The van der Waals surface area contributed by atoms with Crippen molar-refractivity contribution in [2.24, 2.45) is 0 Å². The largest absolute Gasteiger partial charge is 0.403 e. The summed E-state index contributed by atoms with van der Waals surface area (Å²) in [6.07, 6.45) is 2.54. The lowest BCUT2D eigenvalue weighted by molar-refractivity contribution is -0.127. The monoisotopic (exact) mass is 408 g/mol. The van der Waals surface area contributed by atoms with Crippen LogP contribution in [-0.4, -0.2) is 70.2 Å². The van der Waals surface area contributed by atoms with Crippen LogP contribution in [0.15, 0.2) is 41.0 Å². The molecule has 0 unspecified atom stereocenters. The molecule has 2 aliphatic heterocycles. The number of carbonyl (C=O) groups is 1. The Hall–Kier alpha value is -3.20. The Labute approximate surface area is 173 Å². The van der Waals surface area contributed by atoms with Gasteiger partial charge in [0.1, 0.15) is 0 Å². The quantitative estimate of drug-likeness (QED) is 0.598. The maximum absolute atomic E-state index is 12.3. The molecule has 30 heavy (non-hydrogen) atoms. The van der Waals surface area contributed by atoms with E-state index in [0.717, 1.165) is 16.5 Å². The number of hydrogen-bond acceptors (Lipinski definition) is 7. The van der Waals surface area contributed by atoms with Gasteiger partial charge < -0.3 is 19.0 Å². The molecule has 5 rings (SSSR count). The molecule has 2 aromatic heterocycles. The zero-order chi connectivity index (χ0) is 20.7. The molecular formula is C21H24N6O3. The van der Waals surface area contributed by atoms with E-state index in [-0.39, 0.29) is 11.9 Å². The molecule has 0 aliphatic carbocycles. The van der Waals surface area contributed by atoms with Crippen LogP contribution in [0.2, 0.25) is 0 Å². The van der Waals surface area contributed by atoms with Crippen molar-refractivity contribution in [1.82, 2.24) is 24.9 Å². The van der Waals surface area contributed by atoms with Crippen LogP contribution in [0.1, 0.15) is 19.4 Å². The Bertz CT molecular complexity index is 1090. The van der Waals surface area contributed by atoms with Gasteiger partial charge in [0.2, 0.25) is 11.8 Å². The lowest BCUT2D eigenvalue weighted by Crippen LogP contribution is -2.49. The first-order chi connectivity index (χ1) is 14.6. The minimum Gasteiger partial charge on any atom is -0.403 e. The van der Waals surface area contributed by atoms with Crippen LogP contribution in [0.4, 0.5) is 6.01 Å². The Morgan fingerprint density at radius 2 is 2.00 bits per heavy atom. The Balaban J connectivity index is 1.31. The molecule has 0 N–H and O–H groups in total. The molecule has 3 aromatic rings. The molecular weight excluding hydrogens is 384 g/mol. The number of carbonyl (C=O) groups excluding carboxylic acids is 1. The summed E-state index contributed by atoms with van der Waals surface area (Å²) in [7, 11) is 0. The highest BCUT2D eigenvalue weighted by molar-refractivity contribution is 5.92. The first-order valence-electron chi connectivity index (χ1n) is 10.2. The van der Waals surface area contributed by atoms with Crippen LogP contribution >= 0.6 is 0 Å². The fourth-order valence-electron chi connectivity index (χ4n) is 3.76. The average molecular weight is 408 g/mol. The Morgan fingerprint density at radius 3 is 2.70 bits per heavy atom. The number of fused-ring (bicyclic) bond motifs is 1. The molecule has 1 aromatic carbocycles. The molecule has 0 radical (unpaired) electrons. The van der Waals surface area contributed by atoms with Gasteiger partial charge in [0.15, 0.2) is 0 Å². The molecule has 1 amide bonds. The highest BCUT2D eigenvalue weighted by Gasteiger charge is 2.26. The smallest absolute Gasteiger partial charge is 0.318 e. The molecule has 9 nitrogen and oxygen atoms in total. The number of aromatic nitrogens is 4. The SMILES string of the molecule is C=C(CC)C(=O)N1CCN(c2nnc(-c3ccc4cnn(C5COC5)c4c3)o2)CC1. The lowest BCUT2D eigenvalue weighted by atomic mass is 10.1. The fraction of sp³-hybridized carbons (Fsp3) is 0.429. The van der Waals surface area contributed by atoms with Crippen LogP contribution in [0.25, 0.3) is 22.4 Å². The molecule has 0 spiro atoms. The van der Waals surface area contributed by atoms with Gasteiger partial charge in [0.05, 0.1) is 31.0 Å². The molecule has 2 saturated heterocycles. The van der Waals surface area contributed by atoms with Crippen LogP contribution < -0.4 is 4.90 Å². The van der Waals surface area contributed by atoms with Crippen molar-refractivity contribution in [2.45, 2.75) is 19.4 Å². The number of benzene rings is 1. The summed E-state index contributed by atoms with van der Waals surface area (Å²) in [6, 6.07) is 6.77. The predicted octanol–water partition coefficient (Wildman–Crippen LogP) is 2.27. The van der Waals surface area contributed by atoms with Gasteiger partial charge in [0, 0.05) is 42.7 Å². The zero-order valence-corrected chi connectivity index (χ0v) is 17.0. The van der Waals surface area contributed by atoms with Crippen molar-refractivity contribution < 1.29 is 13.9 Å². The number of hydrogen-bond donors (Lipinski definition) is 0. The molecule has 9 heteroatoms. The van der Waals surface area contributed by atoms with Crippen molar-refractivity contribution in [1.29, 1.82) is 0 Å². The van der Waals surface area contributed by atoms with Crippen LogP contribution in [-0.2, 0) is 9.53 Å². The van der Waals surface area contributed by atoms with Crippen molar-refractivity contribution in [2.75, 3.05) is 44.3 Å². The van der Waals surface area contributed by atoms with E-state index in [9.17, 15) is 4.79 Å². The first-order valence-corrected chi connectivity index (χ1v) is 10.2. The number of rotatable bonds is 5. The van der Waals surface area contributed by atoms with E-state index < -0.39 is 0 Å². The van der Waals surface area contributed by atoms with Crippen LogP contribution in [0, 0.1) is 0 Å². The number of nitrogens with zero attached hydrogens (tertiary/aromatic N) is 6. The summed E-state index contributed by atoms with van der Waals surface area (Å²) in [5, 5.41) is 14.0.